The minimum atomic E-state index is -7.84. The molecule has 0 aliphatic carbocycles. The Morgan fingerprint density at radius 2 is 1.21 bits per heavy atom. The molecule has 1 unspecified atom stereocenters. The van der Waals surface area contributed by atoms with Crippen LogP contribution in [0.4, 0.5) is 57.1 Å². The van der Waals surface area contributed by atoms with E-state index in [4.69, 9.17) is 0 Å². The number of alkyl halides is 13. The number of rotatable bonds is 8. The molecule has 0 saturated heterocycles. The molecule has 1 rings (SSSR count). The van der Waals surface area contributed by atoms with E-state index in [1.54, 1.807) is 7.05 Å². The number of hydrogen-bond acceptors (Lipinski definition) is 1. The van der Waals surface area contributed by atoms with Crippen LogP contribution in [0.2, 0.25) is 0 Å². The van der Waals surface area contributed by atoms with Gasteiger partial charge in [-0.05, 0) is 6.42 Å². The first-order valence-electron chi connectivity index (χ1n) is 7.43. The molecule has 16 heteroatoms. The Morgan fingerprint density at radius 3 is 1.59 bits per heavy atom. The SMILES string of the molecule is C[NH+]1C=CN(CCCC(F)(F)C(F)(F)C(F)(F)C(F)(F)C(F)(F)C(F)(F)F)C1.[I-]. The van der Waals surface area contributed by atoms with E-state index < -0.39 is 55.2 Å². The summed E-state index contributed by atoms with van der Waals surface area (Å²) in [6, 6.07) is 0. The van der Waals surface area contributed by atoms with E-state index in [0.29, 0.717) is 0 Å². The van der Waals surface area contributed by atoms with Gasteiger partial charge < -0.3 is 28.9 Å². The van der Waals surface area contributed by atoms with Gasteiger partial charge in [-0.3, -0.25) is 4.90 Å². The average molecular weight is 572 g/mol. The van der Waals surface area contributed by atoms with Crippen LogP contribution in [0.3, 0.4) is 0 Å². The highest BCUT2D eigenvalue weighted by Crippen LogP contribution is 2.60. The maximum atomic E-state index is 13.5. The Labute approximate surface area is 172 Å². The first-order chi connectivity index (χ1) is 12.2. The summed E-state index contributed by atoms with van der Waals surface area (Å²) in [7, 11) is 1.61. The molecule has 0 aromatic heterocycles. The van der Waals surface area contributed by atoms with E-state index in [1.165, 1.54) is 17.3 Å². The van der Waals surface area contributed by atoms with Gasteiger partial charge in [0.1, 0.15) is 6.20 Å². The highest BCUT2D eigenvalue weighted by Gasteiger charge is 2.90. The van der Waals surface area contributed by atoms with Crippen LogP contribution in [0.5, 0.6) is 0 Å². The van der Waals surface area contributed by atoms with E-state index in [9.17, 15) is 57.1 Å². The third-order valence-corrected chi connectivity index (χ3v) is 3.96. The third kappa shape index (κ3) is 4.81. The maximum Gasteiger partial charge on any atom is 0.460 e. The normalized spacial score (nSPS) is 19.5. The topological polar surface area (TPSA) is 7.68 Å². The average Bonchev–Trinajstić information content (AvgIpc) is 2.90. The summed E-state index contributed by atoms with van der Waals surface area (Å²) in [5, 5.41) is 0. The van der Waals surface area contributed by atoms with Crippen molar-refractivity contribution in [3.8, 4) is 0 Å². The smallest absolute Gasteiger partial charge is 0.460 e. The molecular formula is C13H14F13IN2. The zero-order chi connectivity index (χ0) is 22.4. The predicted molar refractivity (Wildman–Crippen MR) is 67.6 cm³/mol. The van der Waals surface area contributed by atoms with Gasteiger partial charge in [-0.1, -0.05) is 0 Å². The summed E-state index contributed by atoms with van der Waals surface area (Å²) in [5.74, 6) is -36.4. The van der Waals surface area contributed by atoms with Gasteiger partial charge in [0, 0.05) is 13.0 Å². The molecule has 1 aliphatic rings. The molecule has 0 spiro atoms. The van der Waals surface area contributed by atoms with Crippen molar-refractivity contribution in [1.29, 1.82) is 0 Å². The third-order valence-electron chi connectivity index (χ3n) is 3.96. The van der Waals surface area contributed by atoms with Crippen molar-refractivity contribution in [3.63, 3.8) is 0 Å². The Bertz CT molecular complexity index is 588. The molecule has 1 atom stereocenters. The van der Waals surface area contributed by atoms with Crippen molar-refractivity contribution >= 4 is 0 Å². The lowest BCUT2D eigenvalue weighted by molar-refractivity contribution is -0.826. The summed E-state index contributed by atoms with van der Waals surface area (Å²) in [6.07, 6.45) is -7.65. The molecule has 0 aromatic carbocycles. The fourth-order valence-corrected chi connectivity index (χ4v) is 2.28. The number of nitrogens with one attached hydrogen (secondary N) is 1. The molecule has 1 N–H and O–H groups in total. The highest BCUT2D eigenvalue weighted by molar-refractivity contribution is 5.10. The molecule has 0 amide bonds. The summed E-state index contributed by atoms with van der Waals surface area (Å²) in [4.78, 5) is 2.02. The van der Waals surface area contributed by atoms with Gasteiger partial charge in [-0.2, -0.15) is 57.1 Å². The van der Waals surface area contributed by atoms with Crippen LogP contribution in [0.25, 0.3) is 0 Å². The second-order valence-corrected chi connectivity index (χ2v) is 6.24. The fourth-order valence-electron chi connectivity index (χ4n) is 2.28. The largest absolute Gasteiger partial charge is 1.00 e. The molecule has 0 bridgehead atoms. The van der Waals surface area contributed by atoms with Crippen LogP contribution in [0.1, 0.15) is 12.8 Å². The van der Waals surface area contributed by atoms with Gasteiger partial charge in [0.05, 0.1) is 13.2 Å². The van der Waals surface area contributed by atoms with Gasteiger partial charge in [0.15, 0.2) is 6.67 Å². The van der Waals surface area contributed by atoms with Gasteiger partial charge >= 0.3 is 35.8 Å². The van der Waals surface area contributed by atoms with Crippen LogP contribution in [-0.2, 0) is 0 Å². The van der Waals surface area contributed by atoms with Crippen molar-refractivity contribution in [2.75, 3.05) is 20.3 Å². The monoisotopic (exact) mass is 572 g/mol. The van der Waals surface area contributed by atoms with Crippen LogP contribution >= 0.6 is 0 Å². The number of halogens is 14. The predicted octanol–water partition coefficient (Wildman–Crippen LogP) is 0.768. The molecule has 174 valence electrons. The second-order valence-electron chi connectivity index (χ2n) is 6.24. The minimum Gasteiger partial charge on any atom is -1.00 e. The highest BCUT2D eigenvalue weighted by atomic mass is 127. The standard InChI is InChI=1S/C13H13F13N2.HI/c1-27-5-6-28(7-27)4-2-3-8(14,15)9(16,17)10(18,19)11(20,21)12(22,23)13(24,25)26;/h5-6H,2-4,7H2,1H3;1H. The Kier molecular flexibility index (Phi) is 8.25. The first kappa shape index (κ1) is 28.3. The van der Waals surface area contributed by atoms with Crippen molar-refractivity contribution < 1.29 is 86.0 Å². The van der Waals surface area contributed by atoms with Crippen molar-refractivity contribution in [3.05, 3.63) is 12.4 Å². The Morgan fingerprint density at radius 1 is 0.759 bits per heavy atom. The van der Waals surface area contributed by atoms with Crippen molar-refractivity contribution in [1.82, 2.24) is 4.90 Å². The lowest BCUT2D eigenvalue weighted by Crippen LogP contribution is -3.03. The summed E-state index contributed by atoms with van der Waals surface area (Å²) < 4.78 is 168. The molecule has 1 heterocycles. The quantitative estimate of drug-likeness (QED) is 0.334. The zero-order valence-corrected chi connectivity index (χ0v) is 16.4. The van der Waals surface area contributed by atoms with Crippen LogP contribution < -0.4 is 28.9 Å². The summed E-state index contributed by atoms with van der Waals surface area (Å²) in [6.45, 7) is -0.214. The first-order valence-corrected chi connectivity index (χ1v) is 7.43. The van der Waals surface area contributed by atoms with Gasteiger partial charge in [0.2, 0.25) is 0 Å². The van der Waals surface area contributed by atoms with Crippen LogP contribution in [0, 0.1) is 0 Å². The number of hydrogen-bond donors (Lipinski definition) is 1. The van der Waals surface area contributed by atoms with Gasteiger partial charge in [-0.25, -0.2) is 0 Å². The lowest BCUT2D eigenvalue weighted by Gasteiger charge is -2.39. The fraction of sp³-hybridized carbons (Fsp3) is 0.846. The zero-order valence-electron chi connectivity index (χ0n) is 14.2. The molecule has 0 radical (unpaired) electrons. The van der Waals surface area contributed by atoms with E-state index in [0.717, 1.165) is 4.90 Å². The molecule has 1 aliphatic heterocycles. The molecule has 0 fully saturated rings. The Hall–Kier alpha value is -0.680. The molecular weight excluding hydrogens is 558 g/mol. The minimum absolute atomic E-state index is 0. The van der Waals surface area contributed by atoms with E-state index in [1.807, 2.05) is 0 Å². The summed E-state index contributed by atoms with van der Waals surface area (Å²) in [5.41, 5.74) is 0. The van der Waals surface area contributed by atoms with E-state index in [2.05, 4.69) is 0 Å². The molecule has 29 heavy (non-hydrogen) atoms. The Balaban J connectivity index is 0.00000784. The maximum absolute atomic E-state index is 13.5. The van der Waals surface area contributed by atoms with E-state index in [-0.39, 0.29) is 30.6 Å². The molecule has 0 aromatic rings. The van der Waals surface area contributed by atoms with Crippen LogP contribution in [0.15, 0.2) is 12.4 Å². The lowest BCUT2D eigenvalue weighted by atomic mass is 9.92. The van der Waals surface area contributed by atoms with Crippen molar-refractivity contribution in [2.24, 2.45) is 0 Å². The van der Waals surface area contributed by atoms with Gasteiger partial charge in [0.25, 0.3) is 0 Å². The molecule has 0 saturated carbocycles. The molecule has 2 nitrogen and oxygen atoms in total. The number of nitrogens with zero attached hydrogens (tertiary/aromatic N) is 1. The van der Waals surface area contributed by atoms with Crippen molar-refractivity contribution in [2.45, 2.75) is 48.6 Å². The van der Waals surface area contributed by atoms with Crippen LogP contribution in [-0.4, -0.2) is 60.9 Å². The second kappa shape index (κ2) is 8.45. The summed E-state index contributed by atoms with van der Waals surface area (Å²) >= 11 is 0. The van der Waals surface area contributed by atoms with Gasteiger partial charge in [-0.15, -0.1) is 0 Å². The number of quaternary nitrogens is 1. The van der Waals surface area contributed by atoms with E-state index >= 15 is 0 Å².